The third-order valence-electron chi connectivity index (χ3n) is 7.05. The molecule has 2 N–H and O–H groups in total. The van der Waals surface area contributed by atoms with Gasteiger partial charge >= 0.3 is 0 Å². The molecule has 1 saturated carbocycles. The second kappa shape index (κ2) is 9.60. The lowest BCUT2D eigenvalue weighted by molar-refractivity contribution is 0.0812. The zero-order chi connectivity index (χ0) is 24.6. The van der Waals surface area contributed by atoms with E-state index >= 15 is 0 Å². The van der Waals surface area contributed by atoms with Crippen molar-refractivity contribution in [3.8, 4) is 5.75 Å². The molecule has 35 heavy (non-hydrogen) atoms. The molecule has 3 aromatic carbocycles. The molecular weight excluding hydrogens is 467 g/mol. The Labute approximate surface area is 205 Å². The van der Waals surface area contributed by atoms with Gasteiger partial charge in [0.15, 0.2) is 0 Å². The van der Waals surface area contributed by atoms with Gasteiger partial charge in [-0.2, -0.15) is 0 Å². The van der Waals surface area contributed by atoms with Crippen LogP contribution >= 0.6 is 0 Å². The van der Waals surface area contributed by atoms with Crippen molar-refractivity contribution >= 4 is 21.4 Å². The lowest BCUT2D eigenvalue weighted by Gasteiger charge is -2.43. The number of para-hydroxylation sites is 1. The Hall–Kier alpha value is -2.94. The van der Waals surface area contributed by atoms with Crippen LogP contribution in [0.15, 0.2) is 71.6 Å². The van der Waals surface area contributed by atoms with E-state index in [1.54, 1.807) is 24.3 Å². The molecule has 1 heterocycles. The normalized spacial score (nSPS) is 22.1. The van der Waals surface area contributed by atoms with Gasteiger partial charge in [0.1, 0.15) is 11.6 Å². The number of rotatable bonds is 5. The van der Waals surface area contributed by atoms with Gasteiger partial charge in [0.05, 0.1) is 30.2 Å². The van der Waals surface area contributed by atoms with Crippen LogP contribution in [0.2, 0.25) is 0 Å². The van der Waals surface area contributed by atoms with E-state index in [1.165, 1.54) is 25.3 Å². The molecular formula is C27H29FN2O4S. The number of halogens is 1. The van der Waals surface area contributed by atoms with Crippen molar-refractivity contribution in [3.63, 3.8) is 0 Å². The van der Waals surface area contributed by atoms with Crippen molar-refractivity contribution in [2.45, 2.75) is 55.2 Å². The molecule has 0 bridgehead atoms. The number of aryl methyl sites for hydroxylation is 2. The van der Waals surface area contributed by atoms with E-state index in [2.05, 4.69) is 15.7 Å². The van der Waals surface area contributed by atoms with Gasteiger partial charge in [-0.1, -0.05) is 18.2 Å². The molecule has 0 unspecified atom stereocenters. The van der Waals surface area contributed by atoms with Crippen LogP contribution in [0.1, 0.15) is 30.4 Å². The molecule has 8 heteroatoms. The Morgan fingerprint density at radius 1 is 0.971 bits per heavy atom. The SMILES string of the molecule is COc1ccc(S(=O)(=O)N[C@H]2CCC[C@@H](N3c4ccccc4CCc4cc(F)ccc43)[C@@H]2O)cc1. The van der Waals surface area contributed by atoms with Gasteiger partial charge in [-0.15, -0.1) is 0 Å². The Morgan fingerprint density at radius 2 is 1.69 bits per heavy atom. The van der Waals surface area contributed by atoms with Crippen LogP contribution in [0.4, 0.5) is 15.8 Å². The van der Waals surface area contributed by atoms with Gasteiger partial charge < -0.3 is 14.7 Å². The van der Waals surface area contributed by atoms with Crippen LogP contribution in [0.25, 0.3) is 0 Å². The lowest BCUT2D eigenvalue weighted by Crippen LogP contribution is -2.55. The van der Waals surface area contributed by atoms with Gasteiger partial charge in [0.25, 0.3) is 0 Å². The van der Waals surface area contributed by atoms with E-state index in [4.69, 9.17) is 4.74 Å². The number of sulfonamides is 1. The molecule has 1 aliphatic carbocycles. The zero-order valence-corrected chi connectivity index (χ0v) is 20.3. The number of nitrogens with zero attached hydrogens (tertiary/aromatic N) is 1. The average Bonchev–Trinajstić information content (AvgIpc) is 3.02. The first kappa shape index (κ1) is 23.8. The first-order valence-corrected chi connectivity index (χ1v) is 13.4. The van der Waals surface area contributed by atoms with Gasteiger partial charge in [-0.3, -0.25) is 0 Å². The number of fused-ring (bicyclic) bond motifs is 2. The van der Waals surface area contributed by atoms with Gasteiger partial charge in [-0.25, -0.2) is 17.5 Å². The third-order valence-corrected chi connectivity index (χ3v) is 8.55. The van der Waals surface area contributed by atoms with Gasteiger partial charge in [0, 0.05) is 11.4 Å². The summed E-state index contributed by atoms with van der Waals surface area (Å²) in [4.78, 5) is 2.21. The van der Waals surface area contributed by atoms with Crippen molar-refractivity contribution < 1.29 is 22.7 Å². The second-order valence-electron chi connectivity index (χ2n) is 9.16. The number of anilines is 2. The fraction of sp³-hybridized carbons (Fsp3) is 0.333. The minimum absolute atomic E-state index is 0.119. The molecule has 3 aromatic rings. The Kier molecular flexibility index (Phi) is 6.53. The number of hydrogen-bond donors (Lipinski definition) is 2. The summed E-state index contributed by atoms with van der Waals surface area (Å²) in [6, 6.07) is 17.9. The number of benzene rings is 3. The molecule has 0 saturated heterocycles. The molecule has 6 nitrogen and oxygen atoms in total. The molecule has 5 rings (SSSR count). The fourth-order valence-electron chi connectivity index (χ4n) is 5.29. The number of aliphatic hydroxyl groups excluding tert-OH is 1. The molecule has 0 aromatic heterocycles. The minimum atomic E-state index is -3.84. The number of methoxy groups -OCH3 is 1. The average molecular weight is 497 g/mol. The van der Waals surface area contributed by atoms with Gasteiger partial charge in [0.2, 0.25) is 10.0 Å². The summed E-state index contributed by atoms with van der Waals surface area (Å²) in [5.41, 5.74) is 3.84. The molecule has 3 atom stereocenters. The standard InChI is InChI=1S/C27H29FN2O4S/c1-34-21-12-14-22(15-13-21)35(32,33)29-23-6-4-8-26(27(23)31)30-24-7-3-2-5-18(24)9-10-19-17-20(28)11-16-25(19)30/h2-3,5,7,11-17,23,26-27,29,31H,4,6,8-10H2,1H3/t23-,26+,27+/m0/s1. The zero-order valence-electron chi connectivity index (χ0n) is 19.5. The maximum absolute atomic E-state index is 14.1. The summed E-state index contributed by atoms with van der Waals surface area (Å²) in [5.74, 6) is 0.278. The molecule has 0 amide bonds. The summed E-state index contributed by atoms with van der Waals surface area (Å²) in [7, 11) is -2.32. The van der Waals surface area contributed by atoms with Crippen LogP contribution in [-0.4, -0.2) is 38.8 Å². The molecule has 1 fully saturated rings. The smallest absolute Gasteiger partial charge is 0.240 e. The summed E-state index contributed by atoms with van der Waals surface area (Å²) < 4.78 is 48.2. The highest BCUT2D eigenvalue weighted by atomic mass is 32.2. The largest absolute Gasteiger partial charge is 0.497 e. The fourth-order valence-corrected chi connectivity index (χ4v) is 6.58. The first-order valence-electron chi connectivity index (χ1n) is 11.9. The van der Waals surface area contributed by atoms with Crippen LogP contribution in [0.5, 0.6) is 5.75 Å². The van der Waals surface area contributed by atoms with Crippen molar-refractivity contribution in [1.29, 1.82) is 0 Å². The van der Waals surface area contributed by atoms with E-state index in [1.807, 2.05) is 18.2 Å². The quantitative estimate of drug-likeness (QED) is 0.550. The highest BCUT2D eigenvalue weighted by Gasteiger charge is 2.40. The maximum Gasteiger partial charge on any atom is 0.240 e. The second-order valence-corrected chi connectivity index (χ2v) is 10.9. The monoisotopic (exact) mass is 496 g/mol. The van der Waals surface area contributed by atoms with E-state index in [0.717, 1.165) is 35.3 Å². The van der Waals surface area contributed by atoms with Crippen molar-refractivity contribution in [2.24, 2.45) is 0 Å². The summed E-state index contributed by atoms with van der Waals surface area (Å²) in [6.45, 7) is 0. The van der Waals surface area contributed by atoms with Crippen LogP contribution in [0, 0.1) is 5.82 Å². The Balaban J connectivity index is 1.48. The molecule has 184 valence electrons. The highest BCUT2D eigenvalue weighted by Crippen LogP contribution is 2.41. The predicted octanol–water partition coefficient (Wildman–Crippen LogP) is 4.33. The van der Waals surface area contributed by atoms with Crippen LogP contribution in [0.3, 0.4) is 0 Å². The van der Waals surface area contributed by atoms with E-state index in [0.29, 0.717) is 25.0 Å². The Bertz CT molecular complexity index is 1310. The molecule has 0 spiro atoms. The summed E-state index contributed by atoms with van der Waals surface area (Å²) in [5, 5.41) is 11.5. The van der Waals surface area contributed by atoms with E-state index in [-0.39, 0.29) is 16.8 Å². The van der Waals surface area contributed by atoms with Crippen molar-refractivity contribution in [1.82, 2.24) is 4.72 Å². The number of ether oxygens (including phenoxy) is 1. The number of hydrogen-bond acceptors (Lipinski definition) is 5. The highest BCUT2D eigenvalue weighted by molar-refractivity contribution is 7.89. The molecule has 1 aliphatic heterocycles. The Morgan fingerprint density at radius 3 is 2.46 bits per heavy atom. The van der Waals surface area contributed by atoms with E-state index < -0.39 is 22.2 Å². The van der Waals surface area contributed by atoms with Gasteiger partial charge in [-0.05, 0) is 91.8 Å². The summed E-state index contributed by atoms with van der Waals surface area (Å²) >= 11 is 0. The van der Waals surface area contributed by atoms with E-state index in [9.17, 15) is 17.9 Å². The first-order chi connectivity index (χ1) is 16.9. The molecule has 2 aliphatic rings. The third kappa shape index (κ3) is 4.66. The maximum atomic E-state index is 14.1. The summed E-state index contributed by atoms with van der Waals surface area (Å²) in [6.07, 6.45) is 2.45. The predicted molar refractivity (Wildman–Crippen MR) is 133 cm³/mol. The van der Waals surface area contributed by atoms with Crippen LogP contribution < -0.4 is 14.4 Å². The number of nitrogens with one attached hydrogen (secondary N) is 1. The van der Waals surface area contributed by atoms with Crippen molar-refractivity contribution in [3.05, 3.63) is 83.7 Å². The van der Waals surface area contributed by atoms with Crippen molar-refractivity contribution in [2.75, 3.05) is 12.0 Å². The minimum Gasteiger partial charge on any atom is -0.497 e. The number of aliphatic hydroxyl groups is 1. The topological polar surface area (TPSA) is 78.9 Å². The van der Waals surface area contributed by atoms with Crippen LogP contribution in [-0.2, 0) is 22.9 Å². The molecule has 0 radical (unpaired) electrons. The lowest BCUT2D eigenvalue weighted by atomic mass is 9.86.